The second kappa shape index (κ2) is 2.40. The molecule has 1 aliphatic heterocycles. The fourth-order valence-corrected chi connectivity index (χ4v) is 0.702. The maximum absolute atomic E-state index is 10.6. The monoisotopic (exact) mass is 160 g/mol. The first-order chi connectivity index (χ1) is 5.04. The Morgan fingerprint density at radius 2 is 2.18 bits per heavy atom. The van der Waals surface area contributed by atoms with E-state index in [1.54, 1.807) is 0 Å². The van der Waals surface area contributed by atoms with Crippen LogP contribution in [0.4, 0.5) is 4.79 Å². The van der Waals surface area contributed by atoms with Crippen LogP contribution < -0.4 is 5.32 Å². The van der Waals surface area contributed by atoms with E-state index in [1.165, 1.54) is 6.92 Å². The molecular formula is C5H8N2O4. The van der Waals surface area contributed by atoms with Gasteiger partial charge in [0, 0.05) is 0 Å². The normalized spacial score (nSPS) is 25.5. The summed E-state index contributed by atoms with van der Waals surface area (Å²) >= 11 is 0. The van der Waals surface area contributed by atoms with E-state index in [4.69, 9.17) is 15.4 Å². The molecule has 1 heterocycles. The standard InChI is InChI=1S/C5H8N2O4/c1-2-3(8)4(9)7(11)5(10)6-2/h4,8-9,11H,1H3,(H,6,10). The summed E-state index contributed by atoms with van der Waals surface area (Å²) in [5, 5.41) is 28.7. The molecule has 6 nitrogen and oxygen atoms in total. The number of carbonyl (C=O) groups is 1. The van der Waals surface area contributed by atoms with Gasteiger partial charge < -0.3 is 15.5 Å². The second-order valence-corrected chi connectivity index (χ2v) is 2.16. The van der Waals surface area contributed by atoms with Crippen molar-refractivity contribution in [2.45, 2.75) is 13.2 Å². The Labute approximate surface area is 62.3 Å². The Hall–Kier alpha value is -1.27. The molecule has 0 aliphatic carbocycles. The zero-order chi connectivity index (χ0) is 8.59. The Morgan fingerprint density at radius 3 is 2.73 bits per heavy atom. The number of aliphatic hydroxyl groups excluding tert-OH is 2. The Morgan fingerprint density at radius 1 is 1.64 bits per heavy atom. The van der Waals surface area contributed by atoms with Crippen molar-refractivity contribution in [2.24, 2.45) is 0 Å². The number of allylic oxidation sites excluding steroid dienone is 1. The third kappa shape index (κ3) is 1.13. The SMILES string of the molecule is CC1=C(O)C(O)N(O)C(=O)N1. The van der Waals surface area contributed by atoms with Crippen LogP contribution in [0.3, 0.4) is 0 Å². The van der Waals surface area contributed by atoms with Crippen molar-refractivity contribution in [3.63, 3.8) is 0 Å². The van der Waals surface area contributed by atoms with Gasteiger partial charge >= 0.3 is 6.03 Å². The summed E-state index contributed by atoms with van der Waals surface area (Å²) in [7, 11) is 0. The van der Waals surface area contributed by atoms with Gasteiger partial charge in [0.15, 0.2) is 5.76 Å². The Kier molecular flexibility index (Phi) is 1.71. The van der Waals surface area contributed by atoms with Gasteiger partial charge in [-0.3, -0.25) is 5.21 Å². The van der Waals surface area contributed by atoms with Crippen LogP contribution in [0.25, 0.3) is 0 Å². The fourth-order valence-electron chi connectivity index (χ4n) is 0.702. The second-order valence-electron chi connectivity index (χ2n) is 2.16. The van der Waals surface area contributed by atoms with E-state index in [0.717, 1.165) is 0 Å². The molecule has 62 valence electrons. The molecule has 0 aromatic carbocycles. The molecule has 0 aromatic heterocycles. The third-order valence-electron chi connectivity index (χ3n) is 1.36. The van der Waals surface area contributed by atoms with Gasteiger partial charge in [-0.15, -0.1) is 0 Å². The molecular weight excluding hydrogens is 152 g/mol. The van der Waals surface area contributed by atoms with Crippen LogP contribution in [-0.2, 0) is 0 Å². The highest BCUT2D eigenvalue weighted by Crippen LogP contribution is 2.12. The molecule has 0 radical (unpaired) electrons. The van der Waals surface area contributed by atoms with Crippen LogP contribution in [-0.4, -0.2) is 32.7 Å². The Balaban J connectivity index is 2.95. The van der Waals surface area contributed by atoms with E-state index in [1.807, 2.05) is 0 Å². The highest BCUT2D eigenvalue weighted by molar-refractivity contribution is 5.76. The van der Waals surface area contributed by atoms with Crippen molar-refractivity contribution < 1.29 is 20.2 Å². The summed E-state index contributed by atoms with van der Waals surface area (Å²) in [6.07, 6.45) is -1.66. The summed E-state index contributed by atoms with van der Waals surface area (Å²) in [4.78, 5) is 10.6. The first-order valence-electron chi connectivity index (χ1n) is 2.91. The molecule has 2 amide bonds. The zero-order valence-electron chi connectivity index (χ0n) is 5.77. The van der Waals surface area contributed by atoms with Gasteiger partial charge in [0.1, 0.15) is 0 Å². The number of nitrogens with zero attached hydrogens (tertiary/aromatic N) is 1. The molecule has 0 bridgehead atoms. The predicted molar refractivity (Wildman–Crippen MR) is 33.5 cm³/mol. The summed E-state index contributed by atoms with van der Waals surface area (Å²) in [6.45, 7) is 1.41. The lowest BCUT2D eigenvalue weighted by Crippen LogP contribution is -2.49. The molecule has 4 N–H and O–H groups in total. The average molecular weight is 160 g/mol. The number of rotatable bonds is 0. The first kappa shape index (κ1) is 7.83. The molecule has 1 rings (SSSR count). The number of hydrogen-bond donors (Lipinski definition) is 4. The molecule has 0 saturated carbocycles. The van der Waals surface area contributed by atoms with Crippen LogP contribution in [0, 0.1) is 0 Å². The molecule has 6 heteroatoms. The number of hydrogen-bond acceptors (Lipinski definition) is 4. The highest BCUT2D eigenvalue weighted by Gasteiger charge is 2.30. The maximum atomic E-state index is 10.6. The summed E-state index contributed by atoms with van der Waals surface area (Å²) in [5.41, 5.74) is 0.132. The van der Waals surface area contributed by atoms with E-state index in [2.05, 4.69) is 5.32 Å². The van der Waals surface area contributed by atoms with Crippen LogP contribution in [0.2, 0.25) is 0 Å². The van der Waals surface area contributed by atoms with Gasteiger partial charge in [-0.2, -0.15) is 5.06 Å². The number of amides is 2. The summed E-state index contributed by atoms with van der Waals surface area (Å²) < 4.78 is 0. The number of nitrogens with one attached hydrogen (secondary N) is 1. The van der Waals surface area contributed by atoms with E-state index in [0.29, 0.717) is 0 Å². The van der Waals surface area contributed by atoms with Crippen molar-refractivity contribution in [1.29, 1.82) is 0 Å². The summed E-state index contributed by atoms with van der Waals surface area (Å²) in [5.74, 6) is -0.466. The van der Waals surface area contributed by atoms with Crippen LogP contribution in [0.15, 0.2) is 11.5 Å². The molecule has 0 fully saturated rings. The summed E-state index contributed by atoms with van der Waals surface area (Å²) in [6, 6.07) is -0.868. The highest BCUT2D eigenvalue weighted by atomic mass is 16.6. The molecule has 11 heavy (non-hydrogen) atoms. The molecule has 0 spiro atoms. The number of aliphatic hydroxyl groups is 2. The van der Waals surface area contributed by atoms with Gasteiger partial charge in [-0.25, -0.2) is 4.79 Å². The molecule has 0 aromatic rings. The minimum absolute atomic E-state index is 0.00231. The van der Waals surface area contributed by atoms with Gasteiger partial charge in [-0.05, 0) is 6.92 Å². The topological polar surface area (TPSA) is 93.0 Å². The molecule has 1 unspecified atom stereocenters. The lowest BCUT2D eigenvalue weighted by molar-refractivity contribution is -0.153. The van der Waals surface area contributed by atoms with Gasteiger partial charge in [0.25, 0.3) is 0 Å². The maximum Gasteiger partial charge on any atom is 0.348 e. The quantitative estimate of drug-likeness (QED) is 0.360. The van der Waals surface area contributed by atoms with Crippen molar-refractivity contribution >= 4 is 6.03 Å². The van der Waals surface area contributed by atoms with Gasteiger partial charge in [0.05, 0.1) is 5.70 Å². The van der Waals surface area contributed by atoms with Crippen molar-refractivity contribution in [1.82, 2.24) is 10.4 Å². The molecule has 1 aliphatic rings. The molecule has 1 atom stereocenters. The fraction of sp³-hybridized carbons (Fsp3) is 0.400. The average Bonchev–Trinajstić information content (AvgIpc) is 1.97. The van der Waals surface area contributed by atoms with Crippen molar-refractivity contribution in [3.05, 3.63) is 11.5 Å². The van der Waals surface area contributed by atoms with Gasteiger partial charge in [0.2, 0.25) is 6.23 Å². The van der Waals surface area contributed by atoms with Crippen LogP contribution >= 0.6 is 0 Å². The third-order valence-corrected chi connectivity index (χ3v) is 1.36. The van der Waals surface area contributed by atoms with Gasteiger partial charge in [-0.1, -0.05) is 0 Å². The predicted octanol–water partition coefficient (Wildman–Crippen LogP) is -0.491. The molecule has 0 saturated heterocycles. The minimum Gasteiger partial charge on any atom is -0.506 e. The smallest absolute Gasteiger partial charge is 0.348 e. The zero-order valence-corrected chi connectivity index (χ0v) is 5.77. The Bertz CT molecular complexity index is 225. The van der Waals surface area contributed by atoms with Crippen LogP contribution in [0.1, 0.15) is 6.92 Å². The largest absolute Gasteiger partial charge is 0.506 e. The number of hydroxylamine groups is 2. The first-order valence-corrected chi connectivity index (χ1v) is 2.91. The van der Waals surface area contributed by atoms with Crippen molar-refractivity contribution in [3.8, 4) is 0 Å². The number of urea groups is 1. The van der Waals surface area contributed by atoms with E-state index >= 15 is 0 Å². The van der Waals surface area contributed by atoms with E-state index < -0.39 is 18.0 Å². The van der Waals surface area contributed by atoms with Crippen molar-refractivity contribution in [2.75, 3.05) is 0 Å². The van der Waals surface area contributed by atoms with E-state index in [9.17, 15) is 4.79 Å². The van der Waals surface area contributed by atoms with E-state index in [-0.39, 0.29) is 10.8 Å². The lowest BCUT2D eigenvalue weighted by Gasteiger charge is -2.26. The van der Waals surface area contributed by atoms with Crippen LogP contribution in [0.5, 0.6) is 0 Å². The minimum atomic E-state index is -1.66. The number of carbonyl (C=O) groups excluding carboxylic acids is 1. The lowest BCUT2D eigenvalue weighted by atomic mass is 10.3.